The molecule has 0 radical (unpaired) electrons. The fourth-order valence-electron chi connectivity index (χ4n) is 2.37. The van der Waals surface area contributed by atoms with E-state index < -0.39 is 0 Å². The van der Waals surface area contributed by atoms with Crippen LogP contribution in [-0.4, -0.2) is 6.04 Å². The van der Waals surface area contributed by atoms with Gasteiger partial charge < -0.3 is 0 Å². The Kier molecular flexibility index (Phi) is 5.27. The molecule has 3 heteroatoms. The zero-order chi connectivity index (χ0) is 14.4. The van der Waals surface area contributed by atoms with E-state index in [0.29, 0.717) is 0 Å². The molecule has 0 saturated carbocycles. The first-order chi connectivity index (χ1) is 9.69. The summed E-state index contributed by atoms with van der Waals surface area (Å²) in [5.74, 6) is 5.43. The van der Waals surface area contributed by atoms with Crippen molar-refractivity contribution in [2.24, 2.45) is 5.84 Å². The Morgan fingerprint density at radius 1 is 1.10 bits per heavy atom. The Balaban J connectivity index is 1.92. The minimum Gasteiger partial charge on any atom is -0.271 e. The van der Waals surface area contributed by atoms with Gasteiger partial charge in [-0.2, -0.15) is 0 Å². The maximum Gasteiger partial charge on any atom is 0.123 e. The van der Waals surface area contributed by atoms with Gasteiger partial charge in [-0.05, 0) is 55.0 Å². The molecular formula is C17H21FN2. The largest absolute Gasteiger partial charge is 0.271 e. The van der Waals surface area contributed by atoms with Crippen molar-refractivity contribution in [2.45, 2.75) is 32.2 Å². The summed E-state index contributed by atoms with van der Waals surface area (Å²) < 4.78 is 12.9. The Morgan fingerprint density at radius 2 is 1.80 bits per heavy atom. The number of hydrogen-bond acceptors (Lipinski definition) is 2. The molecule has 3 N–H and O–H groups in total. The van der Waals surface area contributed by atoms with E-state index >= 15 is 0 Å². The van der Waals surface area contributed by atoms with Crippen LogP contribution in [0.5, 0.6) is 0 Å². The Morgan fingerprint density at radius 3 is 2.45 bits per heavy atom. The van der Waals surface area contributed by atoms with E-state index in [1.54, 1.807) is 0 Å². The molecule has 1 atom stereocenters. The molecule has 106 valence electrons. The van der Waals surface area contributed by atoms with Gasteiger partial charge in [0.2, 0.25) is 0 Å². The molecule has 0 fully saturated rings. The summed E-state index contributed by atoms with van der Waals surface area (Å²) in [6.07, 6.45) is 2.75. The van der Waals surface area contributed by atoms with Crippen molar-refractivity contribution in [1.82, 2.24) is 5.43 Å². The SMILES string of the molecule is Cc1ccccc1CCC(Cc1ccc(F)cc1)NN. The fraction of sp³-hybridized carbons (Fsp3) is 0.294. The number of nitrogens with one attached hydrogen (secondary N) is 1. The van der Waals surface area contributed by atoms with Crippen molar-refractivity contribution >= 4 is 0 Å². The third kappa shape index (κ3) is 4.15. The number of halogens is 1. The molecular weight excluding hydrogens is 251 g/mol. The second-order valence-electron chi connectivity index (χ2n) is 5.16. The van der Waals surface area contributed by atoms with E-state index in [-0.39, 0.29) is 11.9 Å². The topological polar surface area (TPSA) is 38.0 Å². The van der Waals surface area contributed by atoms with E-state index in [1.807, 2.05) is 12.1 Å². The van der Waals surface area contributed by atoms with Crippen LogP contribution in [0.15, 0.2) is 48.5 Å². The maximum atomic E-state index is 12.9. The lowest BCUT2D eigenvalue weighted by Gasteiger charge is -2.16. The van der Waals surface area contributed by atoms with Crippen LogP contribution in [0.4, 0.5) is 4.39 Å². The highest BCUT2D eigenvalue weighted by Crippen LogP contribution is 2.13. The summed E-state index contributed by atoms with van der Waals surface area (Å²) in [6, 6.07) is 15.2. The maximum absolute atomic E-state index is 12.9. The number of hydrazine groups is 1. The molecule has 0 aliphatic rings. The Labute approximate surface area is 119 Å². The van der Waals surface area contributed by atoms with Crippen molar-refractivity contribution in [3.8, 4) is 0 Å². The second-order valence-corrected chi connectivity index (χ2v) is 5.16. The van der Waals surface area contributed by atoms with E-state index in [9.17, 15) is 4.39 Å². The Bertz CT molecular complexity index is 537. The van der Waals surface area contributed by atoms with Gasteiger partial charge in [-0.25, -0.2) is 4.39 Å². The van der Waals surface area contributed by atoms with Crippen molar-refractivity contribution in [3.05, 3.63) is 71.0 Å². The summed E-state index contributed by atoms with van der Waals surface area (Å²) in [7, 11) is 0. The lowest BCUT2D eigenvalue weighted by atomic mass is 9.97. The molecule has 0 amide bonds. The summed E-state index contributed by atoms with van der Waals surface area (Å²) in [4.78, 5) is 0. The average Bonchev–Trinajstić information content (AvgIpc) is 2.47. The number of hydrogen-bond donors (Lipinski definition) is 2. The molecule has 0 bridgehead atoms. The van der Waals surface area contributed by atoms with Crippen molar-refractivity contribution in [3.63, 3.8) is 0 Å². The van der Waals surface area contributed by atoms with Gasteiger partial charge in [-0.3, -0.25) is 11.3 Å². The van der Waals surface area contributed by atoms with E-state index in [2.05, 4.69) is 36.6 Å². The van der Waals surface area contributed by atoms with Gasteiger partial charge in [0.1, 0.15) is 5.82 Å². The van der Waals surface area contributed by atoms with E-state index in [4.69, 9.17) is 5.84 Å². The summed E-state index contributed by atoms with van der Waals surface area (Å²) in [6.45, 7) is 2.13. The van der Waals surface area contributed by atoms with Crippen LogP contribution in [0.1, 0.15) is 23.1 Å². The highest BCUT2D eigenvalue weighted by atomic mass is 19.1. The second kappa shape index (κ2) is 7.17. The van der Waals surface area contributed by atoms with Gasteiger partial charge in [-0.1, -0.05) is 36.4 Å². The quantitative estimate of drug-likeness (QED) is 0.626. The van der Waals surface area contributed by atoms with Gasteiger partial charge in [0.25, 0.3) is 0 Å². The fourth-order valence-corrected chi connectivity index (χ4v) is 2.37. The first kappa shape index (κ1) is 14.7. The molecule has 0 aliphatic carbocycles. The number of aryl methyl sites for hydroxylation is 2. The van der Waals surface area contributed by atoms with Crippen LogP contribution in [0.3, 0.4) is 0 Å². The predicted octanol–water partition coefficient (Wildman–Crippen LogP) is 3.14. The number of benzene rings is 2. The lowest BCUT2D eigenvalue weighted by Crippen LogP contribution is -2.37. The van der Waals surface area contributed by atoms with Crippen LogP contribution in [-0.2, 0) is 12.8 Å². The van der Waals surface area contributed by atoms with E-state index in [1.165, 1.54) is 23.3 Å². The molecule has 2 rings (SSSR count). The highest BCUT2D eigenvalue weighted by molar-refractivity contribution is 5.25. The molecule has 2 aromatic carbocycles. The van der Waals surface area contributed by atoms with Gasteiger partial charge in [0, 0.05) is 6.04 Å². The van der Waals surface area contributed by atoms with Crippen molar-refractivity contribution in [2.75, 3.05) is 0 Å². The van der Waals surface area contributed by atoms with Crippen LogP contribution in [0.2, 0.25) is 0 Å². The molecule has 2 aromatic rings. The third-order valence-electron chi connectivity index (χ3n) is 3.65. The lowest BCUT2D eigenvalue weighted by molar-refractivity contribution is 0.490. The van der Waals surface area contributed by atoms with Gasteiger partial charge in [-0.15, -0.1) is 0 Å². The molecule has 2 nitrogen and oxygen atoms in total. The van der Waals surface area contributed by atoms with Crippen LogP contribution >= 0.6 is 0 Å². The predicted molar refractivity (Wildman–Crippen MR) is 80.7 cm³/mol. The van der Waals surface area contributed by atoms with Crippen LogP contribution in [0.25, 0.3) is 0 Å². The Hall–Kier alpha value is -1.71. The molecule has 0 aromatic heterocycles. The van der Waals surface area contributed by atoms with Gasteiger partial charge >= 0.3 is 0 Å². The molecule has 0 heterocycles. The first-order valence-electron chi connectivity index (χ1n) is 6.94. The number of nitrogens with two attached hydrogens (primary N) is 1. The first-order valence-corrected chi connectivity index (χ1v) is 6.94. The molecule has 1 unspecified atom stereocenters. The standard InChI is InChI=1S/C17H21FN2/c1-13-4-2-3-5-15(13)8-11-17(20-19)12-14-6-9-16(18)10-7-14/h2-7,9-10,17,20H,8,11-12,19H2,1H3. The smallest absolute Gasteiger partial charge is 0.123 e. The highest BCUT2D eigenvalue weighted by Gasteiger charge is 2.09. The molecule has 0 spiro atoms. The van der Waals surface area contributed by atoms with Gasteiger partial charge in [0.15, 0.2) is 0 Å². The summed E-state index contributed by atoms with van der Waals surface area (Å²) >= 11 is 0. The van der Waals surface area contributed by atoms with Crippen LogP contribution in [0, 0.1) is 12.7 Å². The minimum atomic E-state index is -0.203. The van der Waals surface area contributed by atoms with Crippen LogP contribution < -0.4 is 11.3 Å². The summed E-state index contributed by atoms with van der Waals surface area (Å²) in [5, 5.41) is 0. The van der Waals surface area contributed by atoms with E-state index in [0.717, 1.165) is 24.8 Å². The molecule has 0 saturated heterocycles. The number of rotatable bonds is 6. The summed E-state index contributed by atoms with van der Waals surface area (Å²) in [5.41, 5.74) is 6.62. The monoisotopic (exact) mass is 272 g/mol. The zero-order valence-electron chi connectivity index (χ0n) is 11.8. The third-order valence-corrected chi connectivity index (χ3v) is 3.65. The normalized spacial score (nSPS) is 12.3. The van der Waals surface area contributed by atoms with Crippen molar-refractivity contribution in [1.29, 1.82) is 0 Å². The zero-order valence-corrected chi connectivity index (χ0v) is 11.8. The molecule has 0 aliphatic heterocycles. The van der Waals surface area contributed by atoms with Crippen molar-refractivity contribution < 1.29 is 4.39 Å². The minimum absolute atomic E-state index is 0.195. The average molecular weight is 272 g/mol. The van der Waals surface area contributed by atoms with Gasteiger partial charge in [0.05, 0.1) is 0 Å². The molecule has 20 heavy (non-hydrogen) atoms.